The highest BCUT2D eigenvalue weighted by Gasteiger charge is 2.13. The van der Waals surface area contributed by atoms with Crippen molar-refractivity contribution in [3.8, 4) is 0 Å². The minimum Gasteiger partial charge on any atom is -0.299 e. The monoisotopic (exact) mass is 699 g/mol. The molecule has 0 spiro atoms. The number of rotatable bonds is 42. The summed E-state index contributed by atoms with van der Waals surface area (Å²) in [6, 6.07) is 0. The van der Waals surface area contributed by atoms with Crippen LogP contribution in [0, 0.1) is 0 Å². The van der Waals surface area contributed by atoms with E-state index in [-0.39, 0.29) is 30.2 Å². The molecule has 0 atom stereocenters. The molecule has 0 heterocycles. The fourth-order valence-corrected chi connectivity index (χ4v) is 6.88. The number of carbonyl (C=O) groups is 3. The third-order valence-electron chi connectivity index (χ3n) is 10.2. The smallest absolute Gasteiger partial charge is 0.147 e. The number of unbranched alkanes of at least 4 members (excludes halogenated alkanes) is 30. The van der Waals surface area contributed by atoms with Gasteiger partial charge in [0.25, 0.3) is 0 Å². The Morgan fingerprint density at radius 3 is 0.760 bits per heavy atom. The zero-order valence-electron chi connectivity index (χ0n) is 33.9. The number of Topliss-reactive ketones (excluding diaryl/α,β-unsaturated/α-hetero) is 3. The second-order valence-corrected chi connectivity index (χ2v) is 15.5. The highest BCUT2D eigenvalue weighted by molar-refractivity contribution is 6.07. The standard InChI is InChI=1S/C47H86O3/c1-3-5-7-9-11-13-15-17-19-21-23-25-27-29-31-33-35-37-39-41-45(48)43-47(50)44-46(49)42-40-38-36-34-32-30-28-26-24-22-20-18-16-14-12-10-8-6-4-2/h17-20H,3-16,21-44H2,1-2H3/b19-17-,20-18-. The van der Waals surface area contributed by atoms with Gasteiger partial charge in [-0.3, -0.25) is 14.4 Å². The lowest BCUT2D eigenvalue weighted by molar-refractivity contribution is -0.130. The third-order valence-corrected chi connectivity index (χ3v) is 10.2. The Hall–Kier alpha value is -1.51. The highest BCUT2D eigenvalue weighted by Crippen LogP contribution is 2.15. The zero-order chi connectivity index (χ0) is 36.4. The van der Waals surface area contributed by atoms with Gasteiger partial charge in [0.1, 0.15) is 17.3 Å². The summed E-state index contributed by atoms with van der Waals surface area (Å²) in [5.41, 5.74) is 0. The molecular weight excluding hydrogens is 613 g/mol. The molecule has 0 fully saturated rings. The first-order valence-corrected chi connectivity index (χ1v) is 22.4. The lowest BCUT2D eigenvalue weighted by Gasteiger charge is -2.04. The van der Waals surface area contributed by atoms with E-state index in [0.29, 0.717) is 12.8 Å². The van der Waals surface area contributed by atoms with Gasteiger partial charge >= 0.3 is 0 Å². The average molecular weight is 699 g/mol. The molecule has 0 rings (SSSR count). The van der Waals surface area contributed by atoms with Crippen LogP contribution in [0.3, 0.4) is 0 Å². The van der Waals surface area contributed by atoms with Crippen LogP contribution in [0.5, 0.6) is 0 Å². The molecule has 3 heteroatoms. The van der Waals surface area contributed by atoms with Crippen LogP contribution in [-0.4, -0.2) is 17.3 Å². The van der Waals surface area contributed by atoms with E-state index in [1.165, 1.54) is 193 Å². The molecule has 0 saturated carbocycles. The molecule has 0 N–H and O–H groups in total. The van der Waals surface area contributed by atoms with Crippen LogP contribution >= 0.6 is 0 Å². The molecule has 0 aliphatic carbocycles. The fraction of sp³-hybridized carbons (Fsp3) is 0.851. The maximum absolute atomic E-state index is 12.2. The van der Waals surface area contributed by atoms with Gasteiger partial charge in [-0.25, -0.2) is 0 Å². The number of ketones is 3. The van der Waals surface area contributed by atoms with Gasteiger partial charge in [0.15, 0.2) is 0 Å². The molecule has 0 unspecified atom stereocenters. The summed E-state index contributed by atoms with van der Waals surface area (Å²) in [7, 11) is 0. The van der Waals surface area contributed by atoms with Crippen molar-refractivity contribution in [2.45, 2.75) is 258 Å². The maximum atomic E-state index is 12.2. The summed E-state index contributed by atoms with van der Waals surface area (Å²) in [5.74, 6) is -0.144. The minimum absolute atomic E-state index is 0.0174. The minimum atomic E-state index is -0.179. The molecule has 0 bridgehead atoms. The van der Waals surface area contributed by atoms with Crippen molar-refractivity contribution in [3.05, 3.63) is 24.3 Å². The van der Waals surface area contributed by atoms with Crippen molar-refractivity contribution >= 4 is 17.3 Å². The summed E-state index contributed by atoms with van der Waals surface area (Å²) in [5, 5.41) is 0. The Bertz CT molecular complexity index is 730. The number of hydrogen-bond donors (Lipinski definition) is 0. The average Bonchev–Trinajstić information content (AvgIpc) is 3.10. The van der Waals surface area contributed by atoms with Crippen molar-refractivity contribution in [2.24, 2.45) is 0 Å². The maximum Gasteiger partial charge on any atom is 0.147 e. The molecular formula is C47H86O3. The SMILES string of the molecule is CCCCCCCC/C=C\CCCCCCCCCCCC(=O)CC(=O)CC(=O)CCCCCCCCCCC/C=C\CCCCCCCC. The molecule has 3 nitrogen and oxygen atoms in total. The first-order valence-electron chi connectivity index (χ1n) is 22.4. The van der Waals surface area contributed by atoms with Crippen LogP contribution in [0.1, 0.15) is 258 Å². The molecule has 292 valence electrons. The lowest BCUT2D eigenvalue weighted by atomic mass is 10.0. The molecule has 0 aromatic heterocycles. The lowest BCUT2D eigenvalue weighted by Crippen LogP contribution is -2.12. The number of carbonyl (C=O) groups excluding carboxylic acids is 3. The largest absolute Gasteiger partial charge is 0.299 e. The van der Waals surface area contributed by atoms with E-state index >= 15 is 0 Å². The van der Waals surface area contributed by atoms with Gasteiger partial charge in [0, 0.05) is 12.8 Å². The second kappa shape index (κ2) is 41.9. The van der Waals surface area contributed by atoms with E-state index in [0.717, 1.165) is 25.7 Å². The van der Waals surface area contributed by atoms with Crippen molar-refractivity contribution in [1.82, 2.24) is 0 Å². The number of allylic oxidation sites excluding steroid dienone is 4. The van der Waals surface area contributed by atoms with E-state index in [9.17, 15) is 14.4 Å². The molecule has 0 aliphatic rings. The Labute approximate surface area is 313 Å². The molecule has 0 aliphatic heterocycles. The van der Waals surface area contributed by atoms with Crippen LogP contribution in [-0.2, 0) is 14.4 Å². The van der Waals surface area contributed by atoms with Crippen LogP contribution < -0.4 is 0 Å². The van der Waals surface area contributed by atoms with Crippen molar-refractivity contribution in [1.29, 1.82) is 0 Å². The first kappa shape index (κ1) is 48.5. The third kappa shape index (κ3) is 40.9. The van der Waals surface area contributed by atoms with Crippen LogP contribution in [0.25, 0.3) is 0 Å². The summed E-state index contributed by atoms with van der Waals surface area (Å²) in [4.78, 5) is 36.7. The Morgan fingerprint density at radius 2 is 0.500 bits per heavy atom. The van der Waals surface area contributed by atoms with Gasteiger partial charge in [0.2, 0.25) is 0 Å². The summed E-state index contributed by atoms with van der Waals surface area (Å²) in [6.45, 7) is 4.55. The number of hydrogen-bond acceptors (Lipinski definition) is 3. The fourth-order valence-electron chi connectivity index (χ4n) is 6.88. The van der Waals surface area contributed by atoms with E-state index in [1.807, 2.05) is 0 Å². The van der Waals surface area contributed by atoms with Gasteiger partial charge in [-0.1, -0.05) is 192 Å². The Morgan fingerprint density at radius 1 is 0.280 bits per heavy atom. The predicted molar refractivity (Wildman–Crippen MR) is 220 cm³/mol. The van der Waals surface area contributed by atoms with Gasteiger partial charge in [-0.05, 0) is 64.2 Å². The van der Waals surface area contributed by atoms with E-state index in [1.54, 1.807) is 0 Å². The summed E-state index contributed by atoms with van der Waals surface area (Å²) < 4.78 is 0. The quantitative estimate of drug-likeness (QED) is 0.0362. The topological polar surface area (TPSA) is 51.2 Å². The van der Waals surface area contributed by atoms with Gasteiger partial charge in [-0.15, -0.1) is 0 Å². The van der Waals surface area contributed by atoms with Gasteiger partial charge in [-0.2, -0.15) is 0 Å². The first-order chi connectivity index (χ1) is 24.6. The molecule has 50 heavy (non-hydrogen) atoms. The zero-order valence-corrected chi connectivity index (χ0v) is 33.9. The Balaban J connectivity index is 3.42. The van der Waals surface area contributed by atoms with Crippen molar-refractivity contribution < 1.29 is 14.4 Å². The highest BCUT2D eigenvalue weighted by atomic mass is 16.2. The van der Waals surface area contributed by atoms with Crippen molar-refractivity contribution in [3.63, 3.8) is 0 Å². The van der Waals surface area contributed by atoms with Gasteiger partial charge in [0.05, 0.1) is 12.8 Å². The summed E-state index contributed by atoms with van der Waals surface area (Å²) in [6.07, 6.45) is 53.9. The molecule has 0 saturated heterocycles. The van der Waals surface area contributed by atoms with Gasteiger partial charge < -0.3 is 0 Å². The van der Waals surface area contributed by atoms with Crippen LogP contribution in [0.4, 0.5) is 0 Å². The van der Waals surface area contributed by atoms with Crippen molar-refractivity contribution in [2.75, 3.05) is 0 Å². The summed E-state index contributed by atoms with van der Waals surface area (Å²) >= 11 is 0. The van der Waals surface area contributed by atoms with Crippen LogP contribution in [0.15, 0.2) is 24.3 Å². The normalized spacial score (nSPS) is 11.7. The molecule has 0 aromatic rings. The van der Waals surface area contributed by atoms with E-state index < -0.39 is 0 Å². The second-order valence-electron chi connectivity index (χ2n) is 15.5. The van der Waals surface area contributed by atoms with E-state index in [2.05, 4.69) is 38.2 Å². The van der Waals surface area contributed by atoms with Crippen LogP contribution in [0.2, 0.25) is 0 Å². The molecule has 0 aromatic carbocycles. The molecule has 0 radical (unpaired) electrons. The Kier molecular flexibility index (Phi) is 40.6. The van der Waals surface area contributed by atoms with E-state index in [4.69, 9.17) is 0 Å². The molecule has 0 amide bonds. The predicted octanol–water partition coefficient (Wildman–Crippen LogP) is 15.7.